The number of aromatic nitrogens is 1. The summed E-state index contributed by atoms with van der Waals surface area (Å²) in [5.41, 5.74) is 13.7. The molecular weight excluding hydrogens is 722 g/mol. The van der Waals surface area contributed by atoms with E-state index in [1.807, 2.05) is 0 Å². The van der Waals surface area contributed by atoms with Gasteiger partial charge < -0.3 is 40.8 Å². The summed E-state index contributed by atoms with van der Waals surface area (Å²) in [4.78, 5) is 73.4. The number of aliphatic imine (C=N–C) groups is 1. The molecule has 1 heterocycles. The predicted molar refractivity (Wildman–Crippen MR) is 207 cm³/mol. The molecule has 3 aromatic rings. The molecule has 1 unspecified atom stereocenters. The van der Waals surface area contributed by atoms with Gasteiger partial charge >= 0.3 is 18.0 Å². The molecule has 0 aliphatic heterocycles. The number of hydrogen-bond acceptors (Lipinski definition) is 12. The third kappa shape index (κ3) is 11.7. The van der Waals surface area contributed by atoms with Crippen molar-refractivity contribution in [1.29, 1.82) is 0 Å². The summed E-state index contributed by atoms with van der Waals surface area (Å²) in [6.45, 7) is 13.2. The number of esters is 2. The zero-order valence-electron chi connectivity index (χ0n) is 31.8. The molecular formula is C41H47N5O10. The van der Waals surface area contributed by atoms with Crippen LogP contribution in [0.1, 0.15) is 94.1 Å². The molecule has 1 aliphatic rings. The lowest BCUT2D eigenvalue weighted by Crippen LogP contribution is -2.37. The molecule has 1 saturated carbocycles. The summed E-state index contributed by atoms with van der Waals surface area (Å²) in [6, 6.07) is 11.4. The number of aliphatic hydroxyl groups excluding tert-OH is 1. The number of hydrogen-bond donors (Lipinski definition) is 4. The normalized spacial score (nSPS) is 13.6. The number of carbonyl (C=O) groups excluding carboxylic acids is 5. The number of allylic oxidation sites excluding steroid dienone is 1. The molecule has 56 heavy (non-hydrogen) atoms. The number of pyridine rings is 1. The summed E-state index contributed by atoms with van der Waals surface area (Å²) >= 11 is 0. The fourth-order valence-corrected chi connectivity index (χ4v) is 5.34. The summed E-state index contributed by atoms with van der Waals surface area (Å²) < 4.78 is 20.6. The number of nitrogens with one attached hydrogen (secondary N) is 1. The number of rotatable bonds is 18. The highest BCUT2D eigenvalue weighted by Crippen LogP contribution is 2.32. The molecule has 0 spiro atoms. The number of nitrogens with zero attached hydrogens (tertiary/aromatic N) is 2. The first-order chi connectivity index (χ1) is 26.6. The van der Waals surface area contributed by atoms with Gasteiger partial charge in [0.05, 0.1) is 12.4 Å². The largest absolute Gasteiger partial charge is 0.460 e. The average Bonchev–Trinajstić information content (AvgIpc) is 4.00. The number of aliphatic hydroxyl groups is 1. The molecule has 0 radical (unpaired) electrons. The van der Waals surface area contributed by atoms with Gasteiger partial charge in [-0.3, -0.25) is 14.4 Å². The van der Waals surface area contributed by atoms with E-state index in [9.17, 15) is 29.1 Å². The summed E-state index contributed by atoms with van der Waals surface area (Å²) in [7, 11) is 0. The number of ether oxygens (including phenoxy) is 4. The van der Waals surface area contributed by atoms with Crippen LogP contribution >= 0.6 is 0 Å². The van der Waals surface area contributed by atoms with Crippen molar-refractivity contribution in [3.63, 3.8) is 0 Å². The molecule has 2 amide bonds. The van der Waals surface area contributed by atoms with Crippen LogP contribution in [0.5, 0.6) is 0 Å². The Morgan fingerprint density at radius 1 is 1.02 bits per heavy atom. The average molecular weight is 770 g/mol. The maximum atomic E-state index is 14.1. The standard InChI is InChI=1S/C41H47N5O10/c1-7-27-17-32(34(48)16-25-10-12-28(13-11-25)37(43)46-41(52)56-24(6)55-23(4)5)31(18-29(27)20-47)30-14-15-33(38(49)44-19-26-8-9-26)45-36(30)40(51)54-21-53-39(50)35(42)22(2)3/h7,10-15,17-18,22,24,26,35,47H,1,4,8-9,16,19-21,42H2,2-3,5-6H3,(H,44,49)(H2,43,46,52)/t24?,35-/m0/s1. The van der Waals surface area contributed by atoms with Crippen LogP contribution in [0.3, 0.4) is 0 Å². The Balaban J connectivity index is 1.67. The fourth-order valence-electron chi connectivity index (χ4n) is 5.34. The van der Waals surface area contributed by atoms with Crippen molar-refractivity contribution in [3.05, 3.63) is 107 Å². The van der Waals surface area contributed by atoms with Crippen LogP contribution in [0.4, 0.5) is 4.79 Å². The predicted octanol–water partition coefficient (Wildman–Crippen LogP) is 4.83. The zero-order valence-corrected chi connectivity index (χ0v) is 31.8. The van der Waals surface area contributed by atoms with Gasteiger partial charge in [0, 0.05) is 36.6 Å². The monoisotopic (exact) mass is 769 g/mol. The van der Waals surface area contributed by atoms with Crippen molar-refractivity contribution >= 4 is 41.6 Å². The molecule has 4 rings (SSSR count). The summed E-state index contributed by atoms with van der Waals surface area (Å²) in [5.74, 6) is -2.35. The van der Waals surface area contributed by atoms with Gasteiger partial charge in [0.2, 0.25) is 13.1 Å². The summed E-state index contributed by atoms with van der Waals surface area (Å²) in [5, 5.41) is 13.0. The van der Waals surface area contributed by atoms with E-state index in [1.54, 1.807) is 51.1 Å². The minimum absolute atomic E-state index is 0.0796. The molecule has 1 fully saturated rings. The molecule has 15 nitrogen and oxygen atoms in total. The van der Waals surface area contributed by atoms with Gasteiger partial charge in [-0.05, 0) is 78.1 Å². The number of Topliss-reactive ketones (excluding diaryl/α,β-unsaturated/α-hetero) is 1. The van der Waals surface area contributed by atoms with Crippen LogP contribution < -0.4 is 16.8 Å². The Kier molecular flexibility index (Phi) is 14.8. The molecule has 1 aliphatic carbocycles. The van der Waals surface area contributed by atoms with Crippen molar-refractivity contribution in [2.45, 2.75) is 65.9 Å². The second kappa shape index (κ2) is 19.4. The number of nitrogens with two attached hydrogens (primary N) is 2. The van der Waals surface area contributed by atoms with Crippen LogP contribution in [0.25, 0.3) is 17.2 Å². The van der Waals surface area contributed by atoms with E-state index in [1.165, 1.54) is 31.2 Å². The van der Waals surface area contributed by atoms with Crippen molar-refractivity contribution in [2.75, 3.05) is 13.3 Å². The van der Waals surface area contributed by atoms with Crippen LogP contribution in [0, 0.1) is 11.8 Å². The Bertz CT molecular complexity index is 2020. The minimum Gasteiger partial charge on any atom is -0.460 e. The number of ketones is 1. The van der Waals surface area contributed by atoms with E-state index in [0.717, 1.165) is 12.8 Å². The molecule has 6 N–H and O–H groups in total. The summed E-state index contributed by atoms with van der Waals surface area (Å²) in [6.07, 6.45) is 1.47. The molecule has 2 aromatic carbocycles. The van der Waals surface area contributed by atoms with Gasteiger partial charge in [-0.15, -0.1) is 0 Å². The van der Waals surface area contributed by atoms with Crippen LogP contribution in [-0.2, 0) is 36.8 Å². The SMILES string of the molecule is C=Cc1cc(C(=O)Cc2ccc(C(N)=NC(=O)OC(C)OC(=C)C)cc2)c(-c2ccc(C(=O)NCC3CC3)nc2C(=O)OCOC(=O)[C@@H](N)C(C)C)cc1CO. The zero-order chi connectivity index (χ0) is 41.1. The van der Waals surface area contributed by atoms with Crippen molar-refractivity contribution in [3.8, 4) is 11.1 Å². The molecule has 0 bridgehead atoms. The van der Waals surface area contributed by atoms with Crippen LogP contribution in [0.15, 0.2) is 72.4 Å². The Morgan fingerprint density at radius 2 is 1.71 bits per heavy atom. The van der Waals surface area contributed by atoms with Gasteiger partial charge in [-0.1, -0.05) is 57.3 Å². The van der Waals surface area contributed by atoms with Crippen LogP contribution in [-0.4, -0.2) is 71.3 Å². The lowest BCUT2D eigenvalue weighted by Gasteiger charge is -2.17. The lowest BCUT2D eigenvalue weighted by atomic mass is 9.89. The highest BCUT2D eigenvalue weighted by atomic mass is 16.7. The molecule has 296 valence electrons. The van der Waals surface area contributed by atoms with E-state index in [-0.39, 0.29) is 52.0 Å². The Hall–Kier alpha value is -6.19. The van der Waals surface area contributed by atoms with Gasteiger partial charge in [0.1, 0.15) is 17.6 Å². The topological polar surface area (TPSA) is 232 Å². The number of amides is 2. The van der Waals surface area contributed by atoms with Gasteiger partial charge in [0.15, 0.2) is 11.5 Å². The molecule has 0 saturated heterocycles. The molecule has 1 aromatic heterocycles. The first-order valence-corrected chi connectivity index (χ1v) is 17.9. The highest BCUT2D eigenvalue weighted by molar-refractivity contribution is 6.07. The second-order valence-electron chi connectivity index (χ2n) is 13.6. The Morgan fingerprint density at radius 3 is 2.32 bits per heavy atom. The lowest BCUT2D eigenvalue weighted by molar-refractivity contribution is -0.154. The maximum Gasteiger partial charge on any atom is 0.438 e. The van der Waals surface area contributed by atoms with Gasteiger partial charge in [-0.2, -0.15) is 4.99 Å². The third-order valence-corrected chi connectivity index (χ3v) is 8.67. The van der Waals surface area contributed by atoms with Gasteiger partial charge in [-0.25, -0.2) is 14.6 Å². The quantitative estimate of drug-likeness (QED) is 0.0340. The smallest absolute Gasteiger partial charge is 0.438 e. The Labute approximate surface area is 324 Å². The first kappa shape index (κ1) is 42.6. The molecule has 2 atom stereocenters. The van der Waals surface area contributed by atoms with E-state index in [0.29, 0.717) is 40.5 Å². The fraction of sp³-hybridized carbons (Fsp3) is 0.341. The number of amidine groups is 1. The molecule has 15 heteroatoms. The van der Waals surface area contributed by atoms with Crippen molar-refractivity contribution < 1.29 is 48.0 Å². The van der Waals surface area contributed by atoms with Gasteiger partial charge in [0.25, 0.3) is 5.91 Å². The number of benzene rings is 2. The van der Waals surface area contributed by atoms with E-state index >= 15 is 0 Å². The van der Waals surface area contributed by atoms with E-state index < -0.39 is 49.7 Å². The van der Waals surface area contributed by atoms with E-state index in [4.69, 9.17) is 30.4 Å². The minimum atomic E-state index is -1.05. The third-order valence-electron chi connectivity index (χ3n) is 8.67. The highest BCUT2D eigenvalue weighted by Gasteiger charge is 2.27. The van der Waals surface area contributed by atoms with E-state index in [2.05, 4.69) is 28.5 Å². The van der Waals surface area contributed by atoms with Crippen molar-refractivity contribution in [2.24, 2.45) is 28.3 Å². The first-order valence-electron chi connectivity index (χ1n) is 17.9. The number of carbonyl (C=O) groups is 5. The second-order valence-corrected chi connectivity index (χ2v) is 13.6. The van der Waals surface area contributed by atoms with Crippen LogP contribution in [0.2, 0.25) is 0 Å². The van der Waals surface area contributed by atoms with Crippen molar-refractivity contribution in [1.82, 2.24) is 10.3 Å². The maximum absolute atomic E-state index is 14.1.